The number of rotatable bonds is 3. The fourth-order valence-corrected chi connectivity index (χ4v) is 2.52. The van der Waals surface area contributed by atoms with E-state index in [9.17, 15) is 9.59 Å². The highest BCUT2D eigenvalue weighted by atomic mass is 16.2. The maximum absolute atomic E-state index is 12.3. The van der Waals surface area contributed by atoms with Crippen molar-refractivity contribution in [1.82, 2.24) is 10.2 Å². The number of benzene rings is 1. The van der Waals surface area contributed by atoms with Crippen molar-refractivity contribution in [3.63, 3.8) is 0 Å². The predicted molar refractivity (Wildman–Crippen MR) is 76.4 cm³/mol. The Morgan fingerprint density at radius 2 is 1.85 bits per heavy atom. The van der Waals surface area contributed by atoms with Crippen molar-refractivity contribution in [3.05, 3.63) is 30.3 Å². The van der Waals surface area contributed by atoms with Crippen molar-refractivity contribution in [2.75, 3.05) is 11.9 Å². The van der Waals surface area contributed by atoms with Crippen LogP contribution in [0.3, 0.4) is 0 Å². The van der Waals surface area contributed by atoms with E-state index in [0.717, 1.165) is 31.4 Å². The van der Waals surface area contributed by atoms with Crippen molar-refractivity contribution in [3.8, 4) is 0 Å². The number of nitrogens with one attached hydrogen (secondary N) is 2. The van der Waals surface area contributed by atoms with Crippen LogP contribution in [0.5, 0.6) is 0 Å². The predicted octanol–water partition coefficient (Wildman–Crippen LogP) is 1.96. The maximum atomic E-state index is 12.3. The summed E-state index contributed by atoms with van der Waals surface area (Å²) in [4.78, 5) is 26.0. The lowest BCUT2D eigenvalue weighted by Crippen LogP contribution is -2.47. The Balaban J connectivity index is 1.62. The van der Waals surface area contributed by atoms with Crippen molar-refractivity contribution >= 4 is 17.6 Å². The van der Waals surface area contributed by atoms with Crippen LogP contribution in [-0.4, -0.2) is 35.5 Å². The molecule has 2 aliphatic rings. The average molecular weight is 273 g/mol. The average Bonchev–Trinajstić information content (AvgIpc) is 3.12. The molecule has 1 saturated carbocycles. The molecule has 1 heterocycles. The molecule has 1 aromatic carbocycles. The molecule has 1 aliphatic carbocycles. The summed E-state index contributed by atoms with van der Waals surface area (Å²) in [5.74, 6) is -0.00629. The molecule has 1 saturated heterocycles. The fourth-order valence-electron chi connectivity index (χ4n) is 2.52. The summed E-state index contributed by atoms with van der Waals surface area (Å²) in [6, 6.07) is 9.15. The third-order valence-electron chi connectivity index (χ3n) is 3.77. The number of amides is 3. The van der Waals surface area contributed by atoms with Crippen LogP contribution in [0.2, 0.25) is 0 Å². The molecule has 5 heteroatoms. The lowest BCUT2D eigenvalue weighted by molar-refractivity contribution is -0.124. The normalized spacial score (nSPS) is 21.6. The van der Waals surface area contributed by atoms with Gasteiger partial charge in [0.25, 0.3) is 0 Å². The molecule has 0 bridgehead atoms. The summed E-state index contributed by atoms with van der Waals surface area (Å²) in [5.41, 5.74) is 0.755. The van der Waals surface area contributed by atoms with Crippen LogP contribution in [-0.2, 0) is 4.79 Å². The summed E-state index contributed by atoms with van der Waals surface area (Å²) in [6.07, 6.45) is 3.76. The van der Waals surface area contributed by atoms with Crippen LogP contribution in [0.1, 0.15) is 25.7 Å². The highest BCUT2D eigenvalue weighted by molar-refractivity contribution is 5.94. The SMILES string of the molecule is O=C(NC1CC1)C1CCCN1C(=O)Nc1ccccc1. The second kappa shape index (κ2) is 5.53. The third kappa shape index (κ3) is 2.92. The molecule has 20 heavy (non-hydrogen) atoms. The minimum Gasteiger partial charge on any atom is -0.352 e. The van der Waals surface area contributed by atoms with Gasteiger partial charge in [-0.05, 0) is 37.8 Å². The summed E-state index contributed by atoms with van der Waals surface area (Å²) < 4.78 is 0. The molecule has 1 atom stereocenters. The van der Waals surface area contributed by atoms with E-state index >= 15 is 0 Å². The zero-order valence-electron chi connectivity index (χ0n) is 11.3. The van der Waals surface area contributed by atoms with E-state index in [1.807, 2.05) is 30.3 Å². The van der Waals surface area contributed by atoms with Gasteiger partial charge in [-0.2, -0.15) is 0 Å². The van der Waals surface area contributed by atoms with Gasteiger partial charge in [-0.25, -0.2) is 4.79 Å². The molecule has 0 radical (unpaired) electrons. The van der Waals surface area contributed by atoms with Gasteiger partial charge >= 0.3 is 6.03 Å². The number of hydrogen-bond donors (Lipinski definition) is 2. The van der Waals surface area contributed by atoms with Gasteiger partial charge in [-0.1, -0.05) is 18.2 Å². The summed E-state index contributed by atoms with van der Waals surface area (Å²) >= 11 is 0. The minimum absolute atomic E-state index is 0.00629. The van der Waals surface area contributed by atoms with Gasteiger partial charge in [0.05, 0.1) is 0 Å². The topological polar surface area (TPSA) is 61.4 Å². The molecule has 2 N–H and O–H groups in total. The molecule has 0 aromatic heterocycles. The number of hydrogen-bond acceptors (Lipinski definition) is 2. The second-order valence-corrected chi connectivity index (χ2v) is 5.43. The number of anilines is 1. The zero-order valence-corrected chi connectivity index (χ0v) is 11.3. The first-order valence-corrected chi connectivity index (χ1v) is 7.17. The van der Waals surface area contributed by atoms with Crippen LogP contribution >= 0.6 is 0 Å². The van der Waals surface area contributed by atoms with E-state index in [-0.39, 0.29) is 18.0 Å². The number of carbonyl (C=O) groups excluding carboxylic acids is 2. The monoisotopic (exact) mass is 273 g/mol. The van der Waals surface area contributed by atoms with Gasteiger partial charge < -0.3 is 15.5 Å². The molecule has 106 valence electrons. The number of carbonyl (C=O) groups is 2. The van der Waals surface area contributed by atoms with E-state index in [1.165, 1.54) is 0 Å². The molecular weight excluding hydrogens is 254 g/mol. The van der Waals surface area contributed by atoms with Gasteiger partial charge in [-0.3, -0.25) is 4.79 Å². The first-order valence-electron chi connectivity index (χ1n) is 7.17. The zero-order chi connectivity index (χ0) is 13.9. The van der Waals surface area contributed by atoms with Crippen LogP contribution in [0.25, 0.3) is 0 Å². The van der Waals surface area contributed by atoms with Crippen molar-refractivity contribution in [1.29, 1.82) is 0 Å². The minimum atomic E-state index is -0.320. The van der Waals surface area contributed by atoms with Crippen LogP contribution in [0.15, 0.2) is 30.3 Å². The number of likely N-dealkylation sites (tertiary alicyclic amines) is 1. The Kier molecular flexibility index (Phi) is 3.58. The maximum Gasteiger partial charge on any atom is 0.322 e. The number of urea groups is 1. The Labute approximate surface area is 118 Å². The van der Waals surface area contributed by atoms with E-state index in [4.69, 9.17) is 0 Å². The molecule has 3 rings (SSSR count). The molecule has 1 unspecified atom stereocenters. The Hall–Kier alpha value is -2.04. The molecule has 1 aliphatic heterocycles. The van der Waals surface area contributed by atoms with E-state index in [0.29, 0.717) is 12.6 Å². The van der Waals surface area contributed by atoms with Gasteiger partial charge in [0.15, 0.2) is 0 Å². The van der Waals surface area contributed by atoms with Gasteiger partial charge in [0.1, 0.15) is 6.04 Å². The largest absolute Gasteiger partial charge is 0.352 e. The lowest BCUT2D eigenvalue weighted by Gasteiger charge is -2.24. The Morgan fingerprint density at radius 3 is 2.55 bits per heavy atom. The molecule has 1 aromatic rings. The van der Waals surface area contributed by atoms with Crippen LogP contribution < -0.4 is 10.6 Å². The van der Waals surface area contributed by atoms with Crippen LogP contribution in [0, 0.1) is 0 Å². The number of para-hydroxylation sites is 1. The number of nitrogens with zero attached hydrogens (tertiary/aromatic N) is 1. The lowest BCUT2D eigenvalue weighted by atomic mass is 10.2. The van der Waals surface area contributed by atoms with Crippen LogP contribution in [0.4, 0.5) is 10.5 Å². The van der Waals surface area contributed by atoms with Gasteiger partial charge in [0, 0.05) is 18.3 Å². The third-order valence-corrected chi connectivity index (χ3v) is 3.77. The van der Waals surface area contributed by atoms with E-state index in [2.05, 4.69) is 10.6 Å². The van der Waals surface area contributed by atoms with Crippen molar-refractivity contribution in [2.24, 2.45) is 0 Å². The first kappa shape index (κ1) is 13.0. The smallest absolute Gasteiger partial charge is 0.322 e. The Morgan fingerprint density at radius 1 is 1.10 bits per heavy atom. The Bertz CT molecular complexity index is 499. The summed E-state index contributed by atoms with van der Waals surface area (Å²) in [6.45, 7) is 0.640. The van der Waals surface area contributed by atoms with E-state index in [1.54, 1.807) is 4.90 Å². The standard InChI is InChI=1S/C15H19N3O2/c19-14(16-12-8-9-12)13-7-4-10-18(13)15(20)17-11-5-2-1-3-6-11/h1-3,5-6,12-13H,4,7-10H2,(H,16,19)(H,17,20). The summed E-state index contributed by atoms with van der Waals surface area (Å²) in [5, 5.41) is 5.83. The highest BCUT2D eigenvalue weighted by Gasteiger charge is 2.36. The summed E-state index contributed by atoms with van der Waals surface area (Å²) in [7, 11) is 0. The molecule has 0 spiro atoms. The molecule has 3 amide bonds. The first-order chi connectivity index (χ1) is 9.74. The molecule has 5 nitrogen and oxygen atoms in total. The second-order valence-electron chi connectivity index (χ2n) is 5.43. The molecular formula is C15H19N3O2. The van der Waals surface area contributed by atoms with E-state index < -0.39 is 0 Å². The molecule has 2 fully saturated rings. The highest BCUT2D eigenvalue weighted by Crippen LogP contribution is 2.23. The van der Waals surface area contributed by atoms with Gasteiger partial charge in [0.2, 0.25) is 5.91 Å². The van der Waals surface area contributed by atoms with Gasteiger partial charge in [-0.15, -0.1) is 0 Å². The quantitative estimate of drug-likeness (QED) is 0.884. The van der Waals surface area contributed by atoms with Crippen molar-refractivity contribution < 1.29 is 9.59 Å². The van der Waals surface area contributed by atoms with Crippen molar-refractivity contribution in [2.45, 2.75) is 37.8 Å². The fraction of sp³-hybridized carbons (Fsp3) is 0.467.